The van der Waals surface area contributed by atoms with Gasteiger partial charge in [-0.1, -0.05) is 13.8 Å². The maximum absolute atomic E-state index is 8.96. The summed E-state index contributed by atoms with van der Waals surface area (Å²) in [6.07, 6.45) is 0. The molecule has 0 aromatic heterocycles. The molecule has 0 saturated carbocycles. The van der Waals surface area contributed by atoms with Crippen LogP contribution in [-0.4, -0.2) is 30.5 Å². The van der Waals surface area contributed by atoms with Crippen molar-refractivity contribution in [2.24, 2.45) is 11.1 Å². The summed E-state index contributed by atoms with van der Waals surface area (Å²) in [7, 11) is 0. The highest BCUT2D eigenvalue weighted by Crippen LogP contribution is 2.34. The molecule has 1 saturated heterocycles. The van der Waals surface area contributed by atoms with Crippen molar-refractivity contribution in [2.75, 3.05) is 19.8 Å². The molecule has 0 aromatic rings. The van der Waals surface area contributed by atoms with Gasteiger partial charge in [-0.05, 0) is 0 Å². The van der Waals surface area contributed by atoms with Crippen molar-refractivity contribution in [1.82, 2.24) is 0 Å². The fourth-order valence-corrected chi connectivity index (χ4v) is 1.09. The first-order chi connectivity index (χ1) is 4.52. The predicted octanol–water partition coefficient (Wildman–Crippen LogP) is -0.267. The smallest absolute Gasteiger partial charge is 0.0699 e. The van der Waals surface area contributed by atoms with E-state index in [0.717, 1.165) is 0 Å². The maximum atomic E-state index is 8.96. The highest BCUT2D eigenvalue weighted by molar-refractivity contribution is 5.01. The Morgan fingerprint density at radius 3 is 2.30 bits per heavy atom. The lowest BCUT2D eigenvalue weighted by atomic mass is 9.76. The average Bonchev–Trinajstić information content (AvgIpc) is 2.10. The van der Waals surface area contributed by atoms with Crippen molar-refractivity contribution in [3.8, 4) is 0 Å². The van der Waals surface area contributed by atoms with Crippen molar-refractivity contribution in [3.05, 3.63) is 0 Å². The van der Waals surface area contributed by atoms with Gasteiger partial charge < -0.3 is 15.6 Å². The Morgan fingerprint density at radius 1 is 1.50 bits per heavy atom. The van der Waals surface area contributed by atoms with Gasteiger partial charge in [0.2, 0.25) is 0 Å². The van der Waals surface area contributed by atoms with Gasteiger partial charge >= 0.3 is 0 Å². The highest BCUT2D eigenvalue weighted by Gasteiger charge is 2.46. The van der Waals surface area contributed by atoms with Crippen LogP contribution in [0.5, 0.6) is 0 Å². The van der Waals surface area contributed by atoms with Crippen LogP contribution in [0.15, 0.2) is 0 Å². The minimum atomic E-state index is -0.535. The van der Waals surface area contributed by atoms with Crippen LogP contribution in [-0.2, 0) is 4.74 Å². The van der Waals surface area contributed by atoms with Crippen molar-refractivity contribution >= 4 is 0 Å². The Hall–Kier alpha value is -0.120. The summed E-state index contributed by atoms with van der Waals surface area (Å²) < 4.78 is 5.18. The number of hydrogen-bond donors (Lipinski definition) is 2. The molecule has 0 aromatic carbocycles. The number of rotatable bonds is 1. The average molecular weight is 145 g/mol. The molecule has 0 aliphatic carbocycles. The second-order valence-electron chi connectivity index (χ2n) is 3.69. The van der Waals surface area contributed by atoms with Gasteiger partial charge in [0.25, 0.3) is 0 Å². The molecule has 3 heteroatoms. The first-order valence-electron chi connectivity index (χ1n) is 3.49. The molecule has 1 fully saturated rings. The zero-order chi connectivity index (χ0) is 7.83. The molecule has 3 nitrogen and oxygen atoms in total. The molecular weight excluding hydrogens is 130 g/mol. The third-order valence-electron chi connectivity index (χ3n) is 2.45. The normalized spacial score (nSPS) is 38.4. The Balaban J connectivity index is 2.76. The van der Waals surface area contributed by atoms with Crippen LogP contribution in [0.3, 0.4) is 0 Å². The van der Waals surface area contributed by atoms with E-state index in [1.807, 2.05) is 13.8 Å². The van der Waals surface area contributed by atoms with Crippen LogP contribution in [0.25, 0.3) is 0 Å². The fraction of sp³-hybridized carbons (Fsp3) is 1.00. The second-order valence-corrected chi connectivity index (χ2v) is 3.69. The molecule has 10 heavy (non-hydrogen) atoms. The fourth-order valence-electron chi connectivity index (χ4n) is 1.09. The maximum Gasteiger partial charge on any atom is 0.0699 e. The first-order valence-corrected chi connectivity index (χ1v) is 3.49. The summed E-state index contributed by atoms with van der Waals surface area (Å²) >= 11 is 0. The summed E-state index contributed by atoms with van der Waals surface area (Å²) in [5.74, 6) is 0. The zero-order valence-corrected chi connectivity index (χ0v) is 6.55. The van der Waals surface area contributed by atoms with Gasteiger partial charge in [0.1, 0.15) is 0 Å². The van der Waals surface area contributed by atoms with Gasteiger partial charge in [0, 0.05) is 5.41 Å². The molecule has 0 amide bonds. The Morgan fingerprint density at radius 2 is 2.10 bits per heavy atom. The van der Waals surface area contributed by atoms with Crippen LogP contribution >= 0.6 is 0 Å². The van der Waals surface area contributed by atoms with Crippen LogP contribution in [0.4, 0.5) is 0 Å². The van der Waals surface area contributed by atoms with Crippen molar-refractivity contribution in [3.63, 3.8) is 0 Å². The summed E-state index contributed by atoms with van der Waals surface area (Å²) in [6, 6.07) is 0. The molecule has 1 aliphatic rings. The van der Waals surface area contributed by atoms with Crippen molar-refractivity contribution in [2.45, 2.75) is 19.4 Å². The Labute approximate surface area is 61.2 Å². The molecule has 1 atom stereocenters. The molecule has 1 unspecified atom stereocenters. The largest absolute Gasteiger partial charge is 0.394 e. The third-order valence-corrected chi connectivity index (χ3v) is 2.45. The predicted molar refractivity (Wildman–Crippen MR) is 38.6 cm³/mol. The molecular formula is C7H15NO2. The number of nitrogens with two attached hydrogens (primary N) is 1. The lowest BCUT2D eigenvalue weighted by Crippen LogP contribution is -2.55. The van der Waals surface area contributed by atoms with E-state index in [1.165, 1.54) is 0 Å². The van der Waals surface area contributed by atoms with E-state index in [2.05, 4.69) is 0 Å². The molecule has 1 rings (SSSR count). The second kappa shape index (κ2) is 2.19. The lowest BCUT2D eigenvalue weighted by Gasteiger charge is -2.33. The number of ether oxygens (including phenoxy) is 1. The van der Waals surface area contributed by atoms with Gasteiger partial charge in [-0.15, -0.1) is 0 Å². The SMILES string of the molecule is CC1(C)COCC1(N)CO. The summed E-state index contributed by atoms with van der Waals surface area (Å²) in [4.78, 5) is 0. The van der Waals surface area contributed by atoms with Gasteiger partial charge in [0.15, 0.2) is 0 Å². The van der Waals surface area contributed by atoms with Gasteiger partial charge in [0.05, 0.1) is 25.4 Å². The monoisotopic (exact) mass is 145 g/mol. The standard InChI is InChI=1S/C7H15NO2/c1-6(2)4-10-5-7(6,8)3-9/h9H,3-5,8H2,1-2H3. The van der Waals surface area contributed by atoms with Crippen molar-refractivity contribution < 1.29 is 9.84 Å². The minimum Gasteiger partial charge on any atom is -0.394 e. The van der Waals surface area contributed by atoms with Crippen LogP contribution in [0.2, 0.25) is 0 Å². The topological polar surface area (TPSA) is 55.5 Å². The molecule has 1 aliphatic heterocycles. The van der Waals surface area contributed by atoms with Crippen molar-refractivity contribution in [1.29, 1.82) is 0 Å². The molecule has 0 radical (unpaired) electrons. The van der Waals surface area contributed by atoms with E-state index in [1.54, 1.807) is 0 Å². The third kappa shape index (κ3) is 0.944. The van der Waals surface area contributed by atoms with E-state index >= 15 is 0 Å². The Kier molecular flexibility index (Phi) is 1.75. The minimum absolute atomic E-state index is 0. The van der Waals surface area contributed by atoms with E-state index in [-0.39, 0.29) is 12.0 Å². The molecule has 3 N–H and O–H groups in total. The van der Waals surface area contributed by atoms with E-state index < -0.39 is 5.54 Å². The summed E-state index contributed by atoms with van der Waals surface area (Å²) in [5, 5.41) is 8.96. The van der Waals surface area contributed by atoms with Crippen LogP contribution in [0.1, 0.15) is 13.8 Å². The van der Waals surface area contributed by atoms with E-state index in [4.69, 9.17) is 15.6 Å². The summed E-state index contributed by atoms with van der Waals surface area (Å²) in [5.41, 5.74) is 5.23. The molecule has 60 valence electrons. The van der Waals surface area contributed by atoms with Crippen LogP contribution < -0.4 is 5.73 Å². The lowest BCUT2D eigenvalue weighted by molar-refractivity contribution is 0.123. The quantitative estimate of drug-likeness (QED) is 0.534. The van der Waals surface area contributed by atoms with Gasteiger partial charge in [-0.3, -0.25) is 0 Å². The Bertz CT molecular complexity index is 136. The zero-order valence-electron chi connectivity index (χ0n) is 6.55. The van der Waals surface area contributed by atoms with E-state index in [9.17, 15) is 0 Å². The number of aliphatic hydroxyl groups excluding tert-OH is 1. The first kappa shape index (κ1) is 7.98. The summed E-state index contributed by atoms with van der Waals surface area (Å²) in [6.45, 7) is 5.13. The van der Waals surface area contributed by atoms with Crippen LogP contribution in [0, 0.1) is 5.41 Å². The highest BCUT2D eigenvalue weighted by atomic mass is 16.5. The molecule has 0 bridgehead atoms. The van der Waals surface area contributed by atoms with Gasteiger partial charge in [-0.25, -0.2) is 0 Å². The molecule has 0 spiro atoms. The van der Waals surface area contributed by atoms with Gasteiger partial charge in [-0.2, -0.15) is 0 Å². The number of hydrogen-bond acceptors (Lipinski definition) is 3. The number of aliphatic hydroxyl groups is 1. The van der Waals surface area contributed by atoms with E-state index in [0.29, 0.717) is 13.2 Å². The molecule has 1 heterocycles.